The summed E-state index contributed by atoms with van der Waals surface area (Å²) in [5.74, 6) is 0.630. The third-order valence-electron chi connectivity index (χ3n) is 2.74. The summed E-state index contributed by atoms with van der Waals surface area (Å²) in [4.78, 5) is 4.43. The molecule has 0 bridgehead atoms. The Morgan fingerprint density at radius 2 is 2.00 bits per heavy atom. The lowest BCUT2D eigenvalue weighted by Crippen LogP contribution is -2.12. The van der Waals surface area contributed by atoms with Crippen molar-refractivity contribution in [3.8, 4) is 5.88 Å². The van der Waals surface area contributed by atoms with E-state index in [4.69, 9.17) is 15.2 Å². The van der Waals surface area contributed by atoms with Gasteiger partial charge >= 0.3 is 0 Å². The lowest BCUT2D eigenvalue weighted by Gasteiger charge is -2.11. The van der Waals surface area contributed by atoms with Gasteiger partial charge in [-0.05, 0) is 31.4 Å². The molecule has 0 aliphatic rings. The van der Waals surface area contributed by atoms with Gasteiger partial charge in [-0.2, -0.15) is 0 Å². The molecule has 0 amide bonds. The molecular weight excluding hydrogens is 240 g/mol. The van der Waals surface area contributed by atoms with Crippen molar-refractivity contribution in [3.05, 3.63) is 36.0 Å². The van der Waals surface area contributed by atoms with Crippen molar-refractivity contribution in [1.29, 1.82) is 0 Å². The van der Waals surface area contributed by atoms with E-state index in [2.05, 4.69) is 4.98 Å². The molecule has 0 saturated heterocycles. The second kappa shape index (κ2) is 6.50. The molecule has 1 aromatic carbocycles. The summed E-state index contributed by atoms with van der Waals surface area (Å²) in [6.45, 7) is 5.46. The van der Waals surface area contributed by atoms with Gasteiger partial charge in [0, 0.05) is 11.9 Å². The molecule has 4 nitrogen and oxygen atoms in total. The van der Waals surface area contributed by atoms with Gasteiger partial charge in [-0.15, -0.1) is 0 Å². The number of benzene rings is 1. The number of aromatic nitrogens is 1. The first kappa shape index (κ1) is 13.8. The van der Waals surface area contributed by atoms with Crippen LogP contribution in [0.2, 0.25) is 0 Å². The first-order valence-corrected chi connectivity index (χ1v) is 6.54. The second-order valence-corrected chi connectivity index (χ2v) is 4.61. The van der Waals surface area contributed by atoms with E-state index in [1.807, 2.05) is 44.2 Å². The summed E-state index contributed by atoms with van der Waals surface area (Å²) < 4.78 is 11.2. The highest BCUT2D eigenvalue weighted by atomic mass is 16.5. The van der Waals surface area contributed by atoms with Crippen LogP contribution in [-0.2, 0) is 11.3 Å². The third kappa shape index (κ3) is 3.66. The summed E-state index contributed by atoms with van der Waals surface area (Å²) in [6, 6.07) is 10.00. The van der Waals surface area contributed by atoms with Crippen molar-refractivity contribution in [2.24, 2.45) is 5.73 Å². The summed E-state index contributed by atoms with van der Waals surface area (Å²) >= 11 is 0. The van der Waals surface area contributed by atoms with Crippen molar-refractivity contribution in [2.45, 2.75) is 26.5 Å². The molecule has 0 unspecified atom stereocenters. The first-order valence-electron chi connectivity index (χ1n) is 6.54. The fraction of sp³-hybridized carbons (Fsp3) is 0.400. The smallest absolute Gasteiger partial charge is 0.221 e. The fourth-order valence-corrected chi connectivity index (χ4v) is 1.86. The molecule has 2 aromatic rings. The number of ether oxygens (including phenoxy) is 2. The van der Waals surface area contributed by atoms with Crippen LogP contribution in [0.25, 0.3) is 10.8 Å². The van der Waals surface area contributed by atoms with Gasteiger partial charge in [-0.3, -0.25) is 0 Å². The van der Waals surface area contributed by atoms with Gasteiger partial charge in [-0.25, -0.2) is 4.98 Å². The zero-order valence-corrected chi connectivity index (χ0v) is 11.4. The molecule has 0 aliphatic heterocycles. The molecule has 19 heavy (non-hydrogen) atoms. The molecule has 4 heteroatoms. The van der Waals surface area contributed by atoms with Gasteiger partial charge in [0.15, 0.2) is 0 Å². The number of rotatable bonds is 6. The highest BCUT2D eigenvalue weighted by molar-refractivity contribution is 5.87. The average Bonchev–Trinajstić information content (AvgIpc) is 2.42. The van der Waals surface area contributed by atoms with Crippen molar-refractivity contribution in [3.63, 3.8) is 0 Å². The van der Waals surface area contributed by atoms with Crippen molar-refractivity contribution in [2.75, 3.05) is 13.2 Å². The topological polar surface area (TPSA) is 57.4 Å². The Balaban J connectivity index is 2.16. The standard InChI is InChI=1S/C15H20N2O2/c1-11(2)18-7-8-19-15-14-6-4-3-5-12(14)9-13(10-16)17-15/h3-6,9,11H,7-8,10,16H2,1-2H3. The number of nitrogens with zero attached hydrogens (tertiary/aromatic N) is 1. The van der Waals surface area contributed by atoms with E-state index in [1.165, 1.54) is 0 Å². The van der Waals surface area contributed by atoms with Gasteiger partial charge in [-0.1, -0.05) is 18.2 Å². The van der Waals surface area contributed by atoms with E-state index in [0.29, 0.717) is 25.6 Å². The maximum absolute atomic E-state index is 5.72. The van der Waals surface area contributed by atoms with Crippen molar-refractivity contribution < 1.29 is 9.47 Å². The van der Waals surface area contributed by atoms with Crippen LogP contribution in [-0.4, -0.2) is 24.3 Å². The zero-order valence-electron chi connectivity index (χ0n) is 11.4. The van der Waals surface area contributed by atoms with Gasteiger partial charge in [0.1, 0.15) is 6.61 Å². The predicted molar refractivity (Wildman–Crippen MR) is 76.2 cm³/mol. The Hall–Kier alpha value is -1.65. The minimum absolute atomic E-state index is 0.212. The molecule has 2 rings (SSSR count). The lowest BCUT2D eigenvalue weighted by molar-refractivity contribution is 0.0546. The van der Waals surface area contributed by atoms with Crippen LogP contribution in [0, 0.1) is 0 Å². The van der Waals surface area contributed by atoms with E-state index in [9.17, 15) is 0 Å². The van der Waals surface area contributed by atoms with Crippen molar-refractivity contribution >= 4 is 10.8 Å². The van der Waals surface area contributed by atoms with E-state index in [0.717, 1.165) is 16.5 Å². The maximum Gasteiger partial charge on any atom is 0.221 e. The minimum atomic E-state index is 0.212. The Labute approximate surface area is 113 Å². The molecule has 1 aromatic heterocycles. The second-order valence-electron chi connectivity index (χ2n) is 4.61. The number of hydrogen-bond donors (Lipinski definition) is 1. The molecule has 0 aliphatic carbocycles. The normalized spacial score (nSPS) is 11.2. The molecule has 0 spiro atoms. The predicted octanol–water partition coefficient (Wildman–Crippen LogP) is 2.50. The number of fused-ring (bicyclic) bond motifs is 1. The van der Waals surface area contributed by atoms with Gasteiger partial charge in [0.05, 0.1) is 18.4 Å². The van der Waals surface area contributed by atoms with Crippen LogP contribution < -0.4 is 10.5 Å². The number of pyridine rings is 1. The summed E-state index contributed by atoms with van der Waals surface area (Å²) in [7, 11) is 0. The van der Waals surface area contributed by atoms with Crippen LogP contribution in [0.4, 0.5) is 0 Å². The largest absolute Gasteiger partial charge is 0.475 e. The lowest BCUT2D eigenvalue weighted by atomic mass is 10.1. The van der Waals surface area contributed by atoms with Crippen LogP contribution in [0.1, 0.15) is 19.5 Å². The average molecular weight is 260 g/mol. The summed E-state index contributed by atoms with van der Waals surface area (Å²) in [5.41, 5.74) is 6.49. The van der Waals surface area contributed by atoms with Crippen LogP contribution in [0.5, 0.6) is 5.88 Å². The fourth-order valence-electron chi connectivity index (χ4n) is 1.86. The SMILES string of the molecule is CC(C)OCCOc1nc(CN)cc2ccccc12. The quantitative estimate of drug-likeness (QED) is 0.811. The van der Waals surface area contributed by atoms with Crippen molar-refractivity contribution in [1.82, 2.24) is 4.98 Å². The minimum Gasteiger partial charge on any atom is -0.475 e. The summed E-state index contributed by atoms with van der Waals surface area (Å²) in [5, 5.41) is 2.10. The van der Waals surface area contributed by atoms with Gasteiger partial charge < -0.3 is 15.2 Å². The molecule has 0 saturated carbocycles. The highest BCUT2D eigenvalue weighted by Crippen LogP contribution is 2.24. The molecular formula is C15H20N2O2. The number of hydrogen-bond acceptors (Lipinski definition) is 4. The van der Waals surface area contributed by atoms with Crippen LogP contribution in [0.3, 0.4) is 0 Å². The highest BCUT2D eigenvalue weighted by Gasteiger charge is 2.06. The first-order chi connectivity index (χ1) is 9.20. The molecule has 2 N–H and O–H groups in total. The van der Waals surface area contributed by atoms with E-state index in [-0.39, 0.29) is 6.10 Å². The van der Waals surface area contributed by atoms with Crippen LogP contribution in [0.15, 0.2) is 30.3 Å². The summed E-state index contributed by atoms with van der Waals surface area (Å²) in [6.07, 6.45) is 0.212. The van der Waals surface area contributed by atoms with Gasteiger partial charge in [0.2, 0.25) is 5.88 Å². The Morgan fingerprint density at radius 1 is 1.21 bits per heavy atom. The molecule has 0 fully saturated rings. The monoisotopic (exact) mass is 260 g/mol. The van der Waals surface area contributed by atoms with Crippen LogP contribution >= 0.6 is 0 Å². The molecule has 0 atom stereocenters. The third-order valence-corrected chi connectivity index (χ3v) is 2.74. The Kier molecular flexibility index (Phi) is 4.71. The Bertz CT molecular complexity index is 541. The van der Waals surface area contributed by atoms with Gasteiger partial charge in [0.25, 0.3) is 0 Å². The van der Waals surface area contributed by atoms with E-state index in [1.54, 1.807) is 0 Å². The van der Waals surface area contributed by atoms with E-state index >= 15 is 0 Å². The van der Waals surface area contributed by atoms with E-state index < -0.39 is 0 Å². The Morgan fingerprint density at radius 3 is 2.74 bits per heavy atom. The molecule has 0 radical (unpaired) electrons. The maximum atomic E-state index is 5.72. The zero-order chi connectivity index (χ0) is 13.7. The molecule has 102 valence electrons. The number of nitrogens with two attached hydrogens (primary N) is 1. The molecule has 1 heterocycles.